The molecule has 0 saturated heterocycles. The first kappa shape index (κ1) is 24.7. The van der Waals surface area contributed by atoms with E-state index in [9.17, 15) is 0 Å². The van der Waals surface area contributed by atoms with Crippen molar-refractivity contribution in [2.75, 3.05) is 20.6 Å². The van der Waals surface area contributed by atoms with Crippen LogP contribution in [0.15, 0.2) is 12.3 Å². The molecule has 0 rings (SSSR count). The predicted octanol–water partition coefficient (Wildman–Crippen LogP) is 8.25. The molecule has 0 fully saturated rings. The molecular formula is C24H50N+. The summed E-state index contributed by atoms with van der Waals surface area (Å²) in [5.41, 5.74) is 0. The van der Waals surface area contributed by atoms with Gasteiger partial charge in [-0.2, -0.15) is 0 Å². The van der Waals surface area contributed by atoms with Gasteiger partial charge < -0.3 is 4.48 Å². The Bertz CT molecular complexity index is 280. The summed E-state index contributed by atoms with van der Waals surface area (Å²) in [4.78, 5) is 0. The van der Waals surface area contributed by atoms with E-state index >= 15 is 0 Å². The van der Waals surface area contributed by atoms with Gasteiger partial charge in [-0.15, -0.1) is 0 Å². The maximum atomic E-state index is 2.43. The summed E-state index contributed by atoms with van der Waals surface area (Å²) in [6.07, 6.45) is 28.9. The lowest BCUT2D eigenvalue weighted by atomic mass is 10.1. The Morgan fingerprint density at radius 1 is 0.520 bits per heavy atom. The molecule has 0 atom stereocenters. The lowest BCUT2D eigenvalue weighted by Crippen LogP contribution is -2.34. The van der Waals surface area contributed by atoms with Gasteiger partial charge >= 0.3 is 0 Å². The maximum absolute atomic E-state index is 2.43. The monoisotopic (exact) mass is 352 g/mol. The van der Waals surface area contributed by atoms with Gasteiger partial charge in [-0.25, -0.2) is 0 Å². The second-order valence-electron chi connectivity index (χ2n) is 8.63. The third-order valence-corrected chi connectivity index (χ3v) is 5.32. The minimum Gasteiger partial charge on any atom is -0.302 e. The first-order valence-corrected chi connectivity index (χ1v) is 11.6. The molecule has 0 unspecified atom stereocenters. The van der Waals surface area contributed by atoms with Crippen molar-refractivity contribution < 1.29 is 4.48 Å². The van der Waals surface area contributed by atoms with E-state index in [2.05, 4.69) is 40.2 Å². The summed E-state index contributed by atoms with van der Waals surface area (Å²) >= 11 is 0. The van der Waals surface area contributed by atoms with Crippen LogP contribution in [0.1, 0.15) is 123 Å². The Hall–Kier alpha value is -0.300. The van der Waals surface area contributed by atoms with E-state index in [1.54, 1.807) is 0 Å². The van der Waals surface area contributed by atoms with Crippen LogP contribution in [0, 0.1) is 0 Å². The van der Waals surface area contributed by atoms with Crippen LogP contribution in [0.4, 0.5) is 0 Å². The molecule has 0 radical (unpaired) electrons. The molecule has 0 heterocycles. The van der Waals surface area contributed by atoms with E-state index < -0.39 is 0 Å². The molecule has 25 heavy (non-hydrogen) atoms. The van der Waals surface area contributed by atoms with Crippen molar-refractivity contribution in [3.05, 3.63) is 12.3 Å². The number of hydrogen-bond donors (Lipinski definition) is 0. The van der Waals surface area contributed by atoms with Crippen molar-refractivity contribution in [2.45, 2.75) is 123 Å². The summed E-state index contributed by atoms with van der Waals surface area (Å²) in [5, 5.41) is 0. The minimum absolute atomic E-state index is 1.06. The summed E-state index contributed by atoms with van der Waals surface area (Å²) in [6, 6.07) is 0. The highest BCUT2D eigenvalue weighted by atomic mass is 15.3. The smallest absolute Gasteiger partial charge is 0.0913 e. The van der Waals surface area contributed by atoms with Crippen molar-refractivity contribution in [3.63, 3.8) is 0 Å². The number of unbranched alkanes of at least 4 members (excludes halogenated alkanes) is 15. The molecule has 0 bridgehead atoms. The van der Waals surface area contributed by atoms with Gasteiger partial charge in [0, 0.05) is 0 Å². The van der Waals surface area contributed by atoms with Crippen LogP contribution in [0.25, 0.3) is 0 Å². The predicted molar refractivity (Wildman–Crippen MR) is 116 cm³/mol. The van der Waals surface area contributed by atoms with E-state index in [-0.39, 0.29) is 0 Å². The van der Waals surface area contributed by atoms with Gasteiger partial charge in [0.2, 0.25) is 0 Å². The number of quaternary nitrogens is 1. The lowest BCUT2D eigenvalue weighted by Gasteiger charge is -2.25. The summed E-state index contributed by atoms with van der Waals surface area (Å²) < 4.78 is 1.06. The molecule has 0 aliphatic heterocycles. The fourth-order valence-electron chi connectivity index (χ4n) is 3.48. The fraction of sp³-hybridized carbons (Fsp3) is 0.917. The van der Waals surface area contributed by atoms with Crippen LogP contribution >= 0.6 is 0 Å². The Labute approximate surface area is 160 Å². The highest BCUT2D eigenvalue weighted by Gasteiger charge is 2.09. The van der Waals surface area contributed by atoms with Gasteiger partial charge in [0.1, 0.15) is 0 Å². The Kier molecular flexibility index (Phi) is 18.3. The number of nitrogens with zero attached hydrogens (tertiary/aromatic N) is 1. The molecule has 0 aromatic heterocycles. The first-order chi connectivity index (χ1) is 12.1. The molecule has 0 spiro atoms. The van der Waals surface area contributed by atoms with E-state index in [1.165, 1.54) is 116 Å². The van der Waals surface area contributed by atoms with Gasteiger partial charge in [0.05, 0.1) is 26.8 Å². The maximum Gasteiger partial charge on any atom is 0.0913 e. The average molecular weight is 353 g/mol. The van der Waals surface area contributed by atoms with Gasteiger partial charge in [-0.05, 0) is 31.8 Å². The lowest BCUT2D eigenvalue weighted by molar-refractivity contribution is -0.839. The summed E-state index contributed by atoms with van der Waals surface area (Å²) in [7, 11) is 4.70. The fourth-order valence-corrected chi connectivity index (χ4v) is 3.48. The zero-order chi connectivity index (χ0) is 18.6. The van der Waals surface area contributed by atoms with Crippen molar-refractivity contribution in [3.8, 4) is 0 Å². The topological polar surface area (TPSA) is 0 Å². The van der Waals surface area contributed by atoms with Crippen molar-refractivity contribution >= 4 is 0 Å². The molecule has 0 aliphatic carbocycles. The van der Waals surface area contributed by atoms with Crippen molar-refractivity contribution in [2.24, 2.45) is 0 Å². The SMILES string of the molecule is CCCCCCCCCCCCC=C[N+](C)(C)CCCCCCCC. The average Bonchev–Trinajstić information content (AvgIpc) is 2.59. The molecule has 1 nitrogen and oxygen atoms in total. The highest BCUT2D eigenvalue weighted by molar-refractivity contribution is 4.73. The Morgan fingerprint density at radius 3 is 1.40 bits per heavy atom. The molecule has 1 heteroatoms. The van der Waals surface area contributed by atoms with E-state index in [0.29, 0.717) is 0 Å². The second-order valence-corrected chi connectivity index (χ2v) is 8.63. The summed E-state index contributed by atoms with van der Waals surface area (Å²) in [5.74, 6) is 0. The van der Waals surface area contributed by atoms with Gasteiger partial charge in [0.25, 0.3) is 0 Å². The van der Waals surface area contributed by atoms with E-state index in [4.69, 9.17) is 0 Å². The third kappa shape index (κ3) is 19.9. The molecule has 0 aromatic carbocycles. The summed E-state index contributed by atoms with van der Waals surface area (Å²) in [6.45, 7) is 5.88. The number of allylic oxidation sites excluding steroid dienone is 1. The largest absolute Gasteiger partial charge is 0.302 e. The zero-order valence-corrected chi connectivity index (χ0v) is 18.3. The Morgan fingerprint density at radius 2 is 0.920 bits per heavy atom. The first-order valence-electron chi connectivity index (χ1n) is 11.6. The quantitative estimate of drug-likeness (QED) is 0.162. The van der Waals surface area contributed by atoms with Gasteiger partial charge in [-0.1, -0.05) is 97.3 Å². The van der Waals surface area contributed by atoms with Crippen LogP contribution in [-0.4, -0.2) is 25.1 Å². The van der Waals surface area contributed by atoms with Crippen molar-refractivity contribution in [1.82, 2.24) is 0 Å². The molecule has 150 valence electrons. The minimum atomic E-state index is 1.06. The molecular weight excluding hydrogens is 302 g/mol. The van der Waals surface area contributed by atoms with Gasteiger partial charge in [-0.3, -0.25) is 0 Å². The number of hydrogen-bond acceptors (Lipinski definition) is 0. The van der Waals surface area contributed by atoms with Crippen LogP contribution in [0.5, 0.6) is 0 Å². The van der Waals surface area contributed by atoms with E-state index in [1.807, 2.05) is 0 Å². The molecule has 0 N–H and O–H groups in total. The van der Waals surface area contributed by atoms with Crippen LogP contribution in [0.2, 0.25) is 0 Å². The molecule has 0 aromatic rings. The van der Waals surface area contributed by atoms with Crippen LogP contribution in [0.3, 0.4) is 0 Å². The van der Waals surface area contributed by atoms with Crippen LogP contribution < -0.4 is 0 Å². The third-order valence-electron chi connectivity index (χ3n) is 5.32. The van der Waals surface area contributed by atoms with Crippen LogP contribution in [-0.2, 0) is 0 Å². The standard InChI is InChI=1S/C24H50N/c1-5-7-9-11-13-14-15-16-17-18-20-22-24-25(3,4)23-21-19-12-10-8-6-2/h22,24H,5-21,23H2,1-4H3/q+1. The van der Waals surface area contributed by atoms with Crippen molar-refractivity contribution in [1.29, 1.82) is 0 Å². The normalized spacial score (nSPS) is 12.3. The molecule has 0 saturated carbocycles. The van der Waals surface area contributed by atoms with Gasteiger partial charge in [0.15, 0.2) is 0 Å². The molecule has 0 amide bonds. The number of rotatable bonds is 19. The van der Waals surface area contributed by atoms with E-state index in [0.717, 1.165) is 4.48 Å². The zero-order valence-electron chi connectivity index (χ0n) is 18.3. The Balaban J connectivity index is 3.41. The highest BCUT2D eigenvalue weighted by Crippen LogP contribution is 2.12. The second kappa shape index (κ2) is 18.5. The molecule has 0 aliphatic rings.